The molecule has 90 valence electrons. The van der Waals surface area contributed by atoms with Crippen molar-refractivity contribution in [1.29, 1.82) is 0 Å². The summed E-state index contributed by atoms with van der Waals surface area (Å²) in [6.45, 7) is 1.94. The highest BCUT2D eigenvalue weighted by molar-refractivity contribution is 7.85. The summed E-state index contributed by atoms with van der Waals surface area (Å²) < 4.78 is 12.0. The van der Waals surface area contributed by atoms with Crippen LogP contribution in [0.25, 0.3) is 0 Å². The molecule has 0 amide bonds. The lowest BCUT2D eigenvalue weighted by Gasteiger charge is -2.07. The first-order valence-electron chi connectivity index (χ1n) is 5.10. The Hall–Kier alpha value is -0.0900. The third-order valence-corrected chi connectivity index (χ3v) is 4.54. The fraction of sp³-hybridized carbons (Fsp3) is 0.455. The Morgan fingerprint density at radius 3 is 2.44 bits per heavy atom. The fourth-order valence-electron chi connectivity index (χ4n) is 1.34. The lowest BCUT2D eigenvalue weighted by molar-refractivity contribution is 0.644. The lowest BCUT2D eigenvalue weighted by Crippen LogP contribution is -2.15. The van der Waals surface area contributed by atoms with Gasteiger partial charge in [-0.2, -0.15) is 0 Å². The van der Waals surface area contributed by atoms with Gasteiger partial charge in [-0.3, -0.25) is 4.21 Å². The molecule has 1 rings (SSSR count). The fourth-order valence-corrected chi connectivity index (χ4v) is 3.46. The third kappa shape index (κ3) is 4.06. The van der Waals surface area contributed by atoms with Gasteiger partial charge < -0.3 is 5.73 Å². The number of nitrogens with two attached hydrogens (primary N) is 1. The van der Waals surface area contributed by atoms with E-state index in [1.54, 1.807) is 18.2 Å². The van der Waals surface area contributed by atoms with E-state index >= 15 is 0 Å². The third-order valence-electron chi connectivity index (χ3n) is 2.14. The normalized spacial score (nSPS) is 14.8. The molecule has 1 aromatic carbocycles. The monoisotopic (exact) mass is 279 g/mol. The van der Waals surface area contributed by atoms with E-state index in [9.17, 15) is 4.21 Å². The van der Waals surface area contributed by atoms with Crippen LogP contribution in [0.1, 0.15) is 19.8 Å². The van der Waals surface area contributed by atoms with E-state index in [4.69, 9.17) is 28.9 Å². The molecule has 0 fully saturated rings. The number of benzene rings is 1. The second-order valence-electron chi connectivity index (χ2n) is 3.72. The van der Waals surface area contributed by atoms with Gasteiger partial charge in [-0.15, -0.1) is 0 Å². The average Bonchev–Trinajstić information content (AvgIpc) is 2.16. The summed E-state index contributed by atoms with van der Waals surface area (Å²) in [5.74, 6) is 0.547. The quantitative estimate of drug-likeness (QED) is 0.899. The average molecular weight is 280 g/mol. The molecule has 0 heterocycles. The van der Waals surface area contributed by atoms with Gasteiger partial charge in [0.15, 0.2) is 0 Å². The van der Waals surface area contributed by atoms with Gasteiger partial charge in [-0.25, -0.2) is 0 Å². The standard InChI is InChI=1S/C11H15Cl2NOS/c1-8(14)4-3-7-16(15)11-9(12)5-2-6-10(11)13/h2,5-6,8H,3-4,7,14H2,1H3. The summed E-state index contributed by atoms with van der Waals surface area (Å²) in [4.78, 5) is 0.538. The molecule has 0 saturated carbocycles. The highest BCUT2D eigenvalue weighted by atomic mass is 35.5. The van der Waals surface area contributed by atoms with Gasteiger partial charge >= 0.3 is 0 Å². The Labute approximate surface area is 109 Å². The minimum absolute atomic E-state index is 0.138. The van der Waals surface area contributed by atoms with Crippen molar-refractivity contribution >= 4 is 34.0 Å². The van der Waals surface area contributed by atoms with Crippen molar-refractivity contribution in [2.75, 3.05) is 5.75 Å². The van der Waals surface area contributed by atoms with Crippen LogP contribution >= 0.6 is 23.2 Å². The Bertz CT molecular complexity index is 362. The zero-order valence-corrected chi connectivity index (χ0v) is 11.4. The SMILES string of the molecule is CC(N)CCCS(=O)c1c(Cl)cccc1Cl. The molecule has 2 N–H and O–H groups in total. The second-order valence-corrected chi connectivity index (χ2v) is 6.04. The van der Waals surface area contributed by atoms with Gasteiger partial charge in [0, 0.05) is 11.8 Å². The maximum atomic E-state index is 12.0. The molecule has 2 unspecified atom stereocenters. The van der Waals surface area contributed by atoms with Crippen LogP contribution in [0, 0.1) is 0 Å². The molecule has 0 aromatic heterocycles. The molecule has 0 aliphatic carbocycles. The van der Waals surface area contributed by atoms with E-state index in [0.29, 0.717) is 20.7 Å². The van der Waals surface area contributed by atoms with E-state index in [1.165, 1.54) is 0 Å². The molecule has 0 radical (unpaired) electrons. The van der Waals surface area contributed by atoms with Gasteiger partial charge in [0.05, 0.1) is 25.7 Å². The first-order chi connectivity index (χ1) is 7.52. The zero-order chi connectivity index (χ0) is 12.1. The molecule has 16 heavy (non-hydrogen) atoms. The van der Waals surface area contributed by atoms with E-state index in [-0.39, 0.29) is 6.04 Å². The van der Waals surface area contributed by atoms with Crippen LogP contribution in [0.15, 0.2) is 23.1 Å². The molecule has 0 aliphatic rings. The van der Waals surface area contributed by atoms with Gasteiger partial charge in [-0.1, -0.05) is 29.3 Å². The van der Waals surface area contributed by atoms with Crippen molar-refractivity contribution in [3.8, 4) is 0 Å². The summed E-state index contributed by atoms with van der Waals surface area (Å²) in [5, 5.41) is 0.929. The van der Waals surface area contributed by atoms with Crippen LogP contribution < -0.4 is 5.73 Å². The van der Waals surface area contributed by atoms with Crippen LogP contribution in [0.4, 0.5) is 0 Å². The molecular weight excluding hydrogens is 265 g/mol. The summed E-state index contributed by atoms with van der Waals surface area (Å²) in [6.07, 6.45) is 1.67. The first-order valence-corrected chi connectivity index (χ1v) is 7.18. The molecule has 2 nitrogen and oxygen atoms in total. The Morgan fingerprint density at radius 1 is 1.38 bits per heavy atom. The maximum Gasteiger partial charge on any atom is 0.0760 e. The van der Waals surface area contributed by atoms with Crippen molar-refractivity contribution < 1.29 is 4.21 Å². The van der Waals surface area contributed by atoms with Crippen LogP contribution in [-0.2, 0) is 10.8 Å². The molecule has 5 heteroatoms. The van der Waals surface area contributed by atoms with Crippen LogP contribution in [0.5, 0.6) is 0 Å². The van der Waals surface area contributed by atoms with E-state index in [2.05, 4.69) is 0 Å². The maximum absolute atomic E-state index is 12.0. The molecular formula is C11H15Cl2NOS. The minimum Gasteiger partial charge on any atom is -0.328 e. The van der Waals surface area contributed by atoms with Crippen LogP contribution in [0.2, 0.25) is 10.0 Å². The predicted molar refractivity (Wildman–Crippen MR) is 70.6 cm³/mol. The van der Waals surface area contributed by atoms with Crippen molar-refractivity contribution in [1.82, 2.24) is 0 Å². The largest absolute Gasteiger partial charge is 0.328 e. The molecule has 1 aromatic rings. The Kier molecular flexibility index (Phi) is 5.76. The first kappa shape index (κ1) is 14.0. The predicted octanol–water partition coefficient (Wildman–Crippen LogP) is 3.23. The molecule has 0 bridgehead atoms. The van der Waals surface area contributed by atoms with E-state index < -0.39 is 10.8 Å². The lowest BCUT2D eigenvalue weighted by atomic mass is 10.2. The molecule has 2 atom stereocenters. The highest BCUT2D eigenvalue weighted by Crippen LogP contribution is 2.28. The smallest absolute Gasteiger partial charge is 0.0760 e. The van der Waals surface area contributed by atoms with E-state index in [1.807, 2.05) is 6.92 Å². The topological polar surface area (TPSA) is 43.1 Å². The number of halogens is 2. The Balaban J connectivity index is 2.66. The highest BCUT2D eigenvalue weighted by Gasteiger charge is 2.12. The van der Waals surface area contributed by atoms with Crippen LogP contribution in [0.3, 0.4) is 0 Å². The van der Waals surface area contributed by atoms with Gasteiger partial charge in [-0.05, 0) is 31.9 Å². The van der Waals surface area contributed by atoms with Gasteiger partial charge in [0.2, 0.25) is 0 Å². The molecule has 0 aliphatic heterocycles. The van der Waals surface area contributed by atoms with E-state index in [0.717, 1.165) is 12.8 Å². The van der Waals surface area contributed by atoms with Crippen LogP contribution in [-0.4, -0.2) is 16.0 Å². The number of hydrogen-bond donors (Lipinski definition) is 1. The summed E-state index contributed by atoms with van der Waals surface area (Å²) in [5.41, 5.74) is 5.63. The number of rotatable bonds is 5. The zero-order valence-electron chi connectivity index (χ0n) is 9.08. The molecule has 0 saturated heterocycles. The van der Waals surface area contributed by atoms with Crippen molar-refractivity contribution in [2.24, 2.45) is 5.73 Å². The molecule has 0 spiro atoms. The minimum atomic E-state index is -1.14. The van der Waals surface area contributed by atoms with Crippen molar-refractivity contribution in [3.05, 3.63) is 28.2 Å². The van der Waals surface area contributed by atoms with Gasteiger partial charge in [0.25, 0.3) is 0 Å². The van der Waals surface area contributed by atoms with Crippen molar-refractivity contribution in [2.45, 2.75) is 30.7 Å². The summed E-state index contributed by atoms with van der Waals surface area (Å²) >= 11 is 11.9. The Morgan fingerprint density at radius 2 is 1.94 bits per heavy atom. The summed E-state index contributed by atoms with van der Waals surface area (Å²) in [7, 11) is -1.14. The second kappa shape index (κ2) is 6.60. The van der Waals surface area contributed by atoms with Crippen molar-refractivity contribution in [3.63, 3.8) is 0 Å². The summed E-state index contributed by atoms with van der Waals surface area (Å²) in [6, 6.07) is 5.28. The van der Waals surface area contributed by atoms with Gasteiger partial charge in [0.1, 0.15) is 0 Å². The number of hydrogen-bond acceptors (Lipinski definition) is 2.